The van der Waals surface area contributed by atoms with Crippen LogP contribution in [-0.2, 0) is 0 Å². The molecule has 0 radical (unpaired) electrons. The van der Waals surface area contributed by atoms with Gasteiger partial charge in [0.15, 0.2) is 5.78 Å². The second-order valence-electron chi connectivity index (χ2n) is 5.86. The normalized spacial score (nSPS) is 14.0. The number of ketones is 1. The van der Waals surface area contributed by atoms with Crippen LogP contribution in [0, 0.1) is 12.8 Å². The van der Waals surface area contributed by atoms with Crippen LogP contribution in [-0.4, -0.2) is 25.8 Å². The summed E-state index contributed by atoms with van der Waals surface area (Å²) in [6.07, 6.45) is 5.54. The second kappa shape index (κ2) is 5.43. The lowest BCUT2D eigenvalue weighted by atomic mass is 10.0. The van der Waals surface area contributed by atoms with Crippen molar-refractivity contribution < 1.29 is 4.79 Å². The molecule has 2 aromatic heterocycles. The number of hydrogen-bond donors (Lipinski definition) is 0. The summed E-state index contributed by atoms with van der Waals surface area (Å²) in [4.78, 5) is 16.2. The van der Waals surface area contributed by atoms with E-state index in [4.69, 9.17) is 0 Å². The van der Waals surface area contributed by atoms with Crippen LogP contribution in [0.1, 0.15) is 28.9 Å². The lowest BCUT2D eigenvalue weighted by Crippen LogP contribution is -2.01. The molecular formula is C18H16N4O. The van der Waals surface area contributed by atoms with Gasteiger partial charge in [-0.15, -0.1) is 5.10 Å². The van der Waals surface area contributed by atoms with Crippen molar-refractivity contribution in [2.45, 2.75) is 19.8 Å². The van der Waals surface area contributed by atoms with Gasteiger partial charge in [-0.1, -0.05) is 29.5 Å². The maximum Gasteiger partial charge on any atom is 0.165 e. The van der Waals surface area contributed by atoms with Crippen molar-refractivity contribution in [3.05, 3.63) is 60.0 Å². The van der Waals surface area contributed by atoms with E-state index in [0.29, 0.717) is 0 Å². The molecule has 1 aliphatic rings. The van der Waals surface area contributed by atoms with Gasteiger partial charge in [0.05, 0.1) is 17.6 Å². The third-order valence-electron chi connectivity index (χ3n) is 4.18. The summed E-state index contributed by atoms with van der Waals surface area (Å²) in [6.45, 7) is 1.98. The number of Topliss-reactive ketones (excluding diaryl/α,β-unsaturated/α-hetero) is 1. The first-order valence-electron chi connectivity index (χ1n) is 7.71. The summed E-state index contributed by atoms with van der Waals surface area (Å²) in [7, 11) is 0. The highest BCUT2D eigenvalue weighted by atomic mass is 16.1. The van der Waals surface area contributed by atoms with Gasteiger partial charge in [-0.05, 0) is 31.9 Å². The number of pyridine rings is 1. The van der Waals surface area contributed by atoms with E-state index in [0.717, 1.165) is 41.0 Å². The van der Waals surface area contributed by atoms with Gasteiger partial charge in [-0.25, -0.2) is 4.68 Å². The highest BCUT2D eigenvalue weighted by Gasteiger charge is 2.30. The summed E-state index contributed by atoms with van der Waals surface area (Å²) < 4.78 is 1.77. The Labute approximate surface area is 134 Å². The highest BCUT2D eigenvalue weighted by molar-refractivity contribution is 5.99. The van der Waals surface area contributed by atoms with Gasteiger partial charge in [0.2, 0.25) is 0 Å². The van der Waals surface area contributed by atoms with Crippen LogP contribution in [0.3, 0.4) is 0 Å². The lowest BCUT2D eigenvalue weighted by Gasteiger charge is -2.04. The molecule has 0 unspecified atom stereocenters. The Bertz CT molecular complexity index is 848. The Morgan fingerprint density at radius 3 is 2.61 bits per heavy atom. The van der Waals surface area contributed by atoms with Crippen molar-refractivity contribution in [1.82, 2.24) is 20.0 Å². The number of benzene rings is 1. The zero-order chi connectivity index (χ0) is 15.8. The van der Waals surface area contributed by atoms with Gasteiger partial charge in [-0.3, -0.25) is 9.78 Å². The summed E-state index contributed by atoms with van der Waals surface area (Å²) >= 11 is 0. The summed E-state index contributed by atoms with van der Waals surface area (Å²) in [5, 5.41) is 8.50. The fourth-order valence-electron chi connectivity index (χ4n) is 2.69. The van der Waals surface area contributed by atoms with Crippen LogP contribution in [0.5, 0.6) is 0 Å². The number of rotatable bonds is 4. The fourth-order valence-corrected chi connectivity index (χ4v) is 2.69. The molecule has 2 heterocycles. The predicted octanol–water partition coefficient (Wildman–Crippen LogP) is 3.23. The fraction of sp³-hybridized carbons (Fsp3) is 0.222. The van der Waals surface area contributed by atoms with Gasteiger partial charge in [-0.2, -0.15) is 0 Å². The molecule has 0 N–H and O–H groups in total. The molecule has 5 heteroatoms. The Kier molecular flexibility index (Phi) is 3.26. The van der Waals surface area contributed by atoms with E-state index < -0.39 is 0 Å². The molecule has 1 fully saturated rings. The number of carbonyl (C=O) groups excluding carboxylic acids is 1. The quantitative estimate of drug-likeness (QED) is 0.694. The number of hydrogen-bond acceptors (Lipinski definition) is 4. The van der Waals surface area contributed by atoms with Gasteiger partial charge >= 0.3 is 0 Å². The lowest BCUT2D eigenvalue weighted by molar-refractivity contribution is 0.0967. The third-order valence-corrected chi connectivity index (χ3v) is 4.18. The average molecular weight is 304 g/mol. The predicted molar refractivity (Wildman–Crippen MR) is 86.4 cm³/mol. The molecule has 1 aromatic carbocycles. The largest absolute Gasteiger partial charge is 0.294 e. The van der Waals surface area contributed by atoms with Gasteiger partial charge < -0.3 is 0 Å². The van der Waals surface area contributed by atoms with Crippen LogP contribution >= 0.6 is 0 Å². The van der Waals surface area contributed by atoms with Gasteiger partial charge in [0, 0.05) is 23.2 Å². The summed E-state index contributed by atoms with van der Waals surface area (Å²) in [5.74, 6) is 0.501. The van der Waals surface area contributed by atoms with E-state index in [2.05, 4.69) is 15.3 Å². The molecule has 5 nitrogen and oxygen atoms in total. The molecule has 0 saturated heterocycles. The molecule has 0 aliphatic heterocycles. The topological polar surface area (TPSA) is 60.7 Å². The number of nitrogens with zero attached hydrogens (tertiary/aromatic N) is 4. The molecule has 0 spiro atoms. The summed E-state index contributed by atoms with van der Waals surface area (Å²) in [5.41, 5.74) is 4.39. The first-order valence-corrected chi connectivity index (χ1v) is 7.71. The average Bonchev–Trinajstić information content (AvgIpc) is 3.38. The van der Waals surface area contributed by atoms with E-state index in [-0.39, 0.29) is 11.7 Å². The van der Waals surface area contributed by atoms with Crippen molar-refractivity contribution in [1.29, 1.82) is 0 Å². The maximum atomic E-state index is 12.1. The Morgan fingerprint density at radius 2 is 1.96 bits per heavy atom. The molecule has 23 heavy (non-hydrogen) atoms. The van der Waals surface area contributed by atoms with E-state index >= 15 is 0 Å². The zero-order valence-corrected chi connectivity index (χ0v) is 12.8. The van der Waals surface area contributed by atoms with Crippen LogP contribution < -0.4 is 0 Å². The molecule has 0 atom stereocenters. The molecular weight excluding hydrogens is 288 g/mol. The SMILES string of the molecule is Cc1c(-c2ccc(C(=O)C3CC3)cc2)nnn1-c1cccnc1. The third kappa shape index (κ3) is 2.54. The number of aromatic nitrogens is 4. The van der Waals surface area contributed by atoms with Gasteiger partial charge in [0.1, 0.15) is 5.69 Å². The van der Waals surface area contributed by atoms with Crippen molar-refractivity contribution in [2.24, 2.45) is 5.92 Å². The highest BCUT2D eigenvalue weighted by Crippen LogP contribution is 2.33. The Morgan fingerprint density at radius 1 is 1.17 bits per heavy atom. The Balaban J connectivity index is 1.66. The second-order valence-corrected chi connectivity index (χ2v) is 5.86. The van der Waals surface area contributed by atoms with Crippen molar-refractivity contribution in [3.63, 3.8) is 0 Å². The van der Waals surface area contributed by atoms with Crippen LogP contribution in [0.4, 0.5) is 0 Å². The first-order chi connectivity index (χ1) is 11.2. The minimum Gasteiger partial charge on any atom is -0.294 e. The van der Waals surface area contributed by atoms with Crippen LogP contribution in [0.2, 0.25) is 0 Å². The standard InChI is InChI=1S/C18H16N4O/c1-12-17(20-21-22(12)16-3-2-10-19-11-16)13-4-6-14(7-5-13)18(23)15-8-9-15/h2-7,10-11,15H,8-9H2,1H3. The minimum atomic E-state index is 0.244. The van der Waals surface area contributed by atoms with E-state index in [1.807, 2.05) is 43.3 Å². The van der Waals surface area contributed by atoms with Crippen LogP contribution in [0.25, 0.3) is 16.9 Å². The monoisotopic (exact) mass is 304 g/mol. The molecule has 4 rings (SSSR count). The van der Waals surface area contributed by atoms with Crippen molar-refractivity contribution in [3.8, 4) is 16.9 Å². The first kappa shape index (κ1) is 13.8. The van der Waals surface area contributed by atoms with E-state index in [1.165, 1.54) is 0 Å². The van der Waals surface area contributed by atoms with E-state index in [9.17, 15) is 4.79 Å². The molecule has 3 aromatic rings. The minimum absolute atomic E-state index is 0.244. The molecule has 114 valence electrons. The maximum absolute atomic E-state index is 12.1. The Hall–Kier alpha value is -2.82. The zero-order valence-electron chi connectivity index (χ0n) is 12.8. The molecule has 1 saturated carbocycles. The van der Waals surface area contributed by atoms with Crippen molar-refractivity contribution >= 4 is 5.78 Å². The number of carbonyl (C=O) groups is 1. The van der Waals surface area contributed by atoms with Gasteiger partial charge in [0.25, 0.3) is 0 Å². The summed E-state index contributed by atoms with van der Waals surface area (Å²) in [6, 6.07) is 11.5. The smallest absolute Gasteiger partial charge is 0.165 e. The van der Waals surface area contributed by atoms with Crippen LogP contribution in [0.15, 0.2) is 48.8 Å². The molecule has 1 aliphatic carbocycles. The van der Waals surface area contributed by atoms with Crippen molar-refractivity contribution in [2.75, 3.05) is 0 Å². The van der Waals surface area contributed by atoms with E-state index in [1.54, 1.807) is 17.1 Å². The molecule has 0 bridgehead atoms. The molecule has 0 amide bonds.